The van der Waals surface area contributed by atoms with Gasteiger partial charge in [-0.3, -0.25) is 9.63 Å². The van der Waals surface area contributed by atoms with Crippen molar-refractivity contribution in [1.29, 1.82) is 0 Å². The van der Waals surface area contributed by atoms with E-state index in [0.717, 1.165) is 5.06 Å². The number of hydrogen-bond acceptors (Lipinski definition) is 7. The van der Waals surface area contributed by atoms with Crippen molar-refractivity contribution >= 4 is 28.5 Å². The molecule has 2 aliphatic heterocycles. The molecule has 2 saturated heterocycles. The molecule has 2 aromatic rings. The van der Waals surface area contributed by atoms with Crippen LogP contribution in [0, 0.1) is 0 Å². The average Bonchev–Trinajstić information content (AvgIpc) is 3.21. The number of carbonyl (C=O) groups excluding carboxylic acids is 1. The van der Waals surface area contributed by atoms with Gasteiger partial charge in [0.2, 0.25) is 0 Å². The van der Waals surface area contributed by atoms with Crippen molar-refractivity contribution in [3.63, 3.8) is 0 Å². The summed E-state index contributed by atoms with van der Waals surface area (Å²) in [6.45, 7) is 5.43. The average molecular weight is 397 g/mol. The van der Waals surface area contributed by atoms with Gasteiger partial charge in [0.05, 0.1) is 12.5 Å². The molecule has 1 amide bonds. The van der Waals surface area contributed by atoms with E-state index in [2.05, 4.69) is 9.97 Å². The SMILES string of the molecule is CON(C)C(=O)[C@H]1O[C@@H](n2ccc3c(Cl)ncnc32)[C@@H]2OC(C)(C)O[C@]12C. The first-order chi connectivity index (χ1) is 12.7. The fourth-order valence-corrected chi connectivity index (χ4v) is 4.03. The first-order valence-corrected chi connectivity index (χ1v) is 8.88. The number of hydrogen-bond donors (Lipinski definition) is 0. The number of ether oxygens (including phenoxy) is 3. The number of nitrogens with zero attached hydrogens (tertiary/aromatic N) is 4. The molecule has 0 bridgehead atoms. The molecule has 0 radical (unpaired) electrons. The molecule has 0 saturated carbocycles. The van der Waals surface area contributed by atoms with Gasteiger partial charge in [0.15, 0.2) is 18.1 Å². The Morgan fingerprint density at radius 2 is 2.11 bits per heavy atom. The number of fused-ring (bicyclic) bond motifs is 2. The van der Waals surface area contributed by atoms with Crippen molar-refractivity contribution in [3.05, 3.63) is 23.7 Å². The van der Waals surface area contributed by atoms with E-state index < -0.39 is 29.8 Å². The molecule has 10 heteroatoms. The van der Waals surface area contributed by atoms with Crippen LogP contribution in [0.2, 0.25) is 5.15 Å². The summed E-state index contributed by atoms with van der Waals surface area (Å²) in [7, 11) is 2.94. The van der Waals surface area contributed by atoms with Gasteiger partial charge in [-0.05, 0) is 26.8 Å². The van der Waals surface area contributed by atoms with Crippen molar-refractivity contribution in [3.8, 4) is 0 Å². The largest absolute Gasteiger partial charge is 0.339 e. The summed E-state index contributed by atoms with van der Waals surface area (Å²) in [5.74, 6) is -1.24. The lowest BCUT2D eigenvalue weighted by molar-refractivity contribution is -0.222. The van der Waals surface area contributed by atoms with E-state index >= 15 is 0 Å². The lowest BCUT2D eigenvalue weighted by atomic mass is 9.94. The molecule has 0 unspecified atom stereocenters. The van der Waals surface area contributed by atoms with Crippen molar-refractivity contribution in [2.75, 3.05) is 14.2 Å². The minimum atomic E-state index is -1.01. The Bertz CT molecular complexity index is 903. The molecular formula is C17H21ClN4O5. The van der Waals surface area contributed by atoms with Gasteiger partial charge in [-0.2, -0.15) is 0 Å². The lowest BCUT2D eigenvalue weighted by Crippen LogP contribution is -2.51. The van der Waals surface area contributed by atoms with Gasteiger partial charge in [0, 0.05) is 13.2 Å². The molecule has 4 rings (SSSR count). The number of hydroxylamine groups is 2. The fourth-order valence-electron chi connectivity index (χ4n) is 3.84. The van der Waals surface area contributed by atoms with Crippen LogP contribution in [-0.4, -0.2) is 63.3 Å². The van der Waals surface area contributed by atoms with Gasteiger partial charge in [0.25, 0.3) is 5.91 Å². The maximum absolute atomic E-state index is 12.9. The molecule has 0 spiro atoms. The zero-order valence-corrected chi connectivity index (χ0v) is 16.4. The molecule has 146 valence electrons. The molecule has 0 aliphatic carbocycles. The molecule has 2 aromatic heterocycles. The zero-order valence-electron chi connectivity index (χ0n) is 15.7. The Morgan fingerprint density at radius 3 is 2.81 bits per heavy atom. The summed E-state index contributed by atoms with van der Waals surface area (Å²) < 4.78 is 20.2. The Kier molecular flexibility index (Phi) is 4.21. The van der Waals surface area contributed by atoms with E-state index in [9.17, 15) is 4.79 Å². The maximum atomic E-state index is 12.9. The first kappa shape index (κ1) is 18.6. The number of halogens is 1. The van der Waals surface area contributed by atoms with E-state index in [1.54, 1.807) is 16.8 Å². The minimum Gasteiger partial charge on any atom is -0.339 e. The van der Waals surface area contributed by atoms with Gasteiger partial charge >= 0.3 is 0 Å². The number of aromatic nitrogens is 3. The summed E-state index contributed by atoms with van der Waals surface area (Å²) >= 11 is 6.16. The van der Waals surface area contributed by atoms with Gasteiger partial charge in [-0.25, -0.2) is 15.0 Å². The Labute approximate surface area is 161 Å². The van der Waals surface area contributed by atoms with Crippen LogP contribution < -0.4 is 0 Å². The summed E-state index contributed by atoms with van der Waals surface area (Å²) in [6.07, 6.45) is 1.06. The Morgan fingerprint density at radius 1 is 1.37 bits per heavy atom. The molecule has 2 aliphatic rings. The number of amides is 1. The van der Waals surface area contributed by atoms with Crippen molar-refractivity contribution < 1.29 is 23.8 Å². The highest BCUT2D eigenvalue weighted by Gasteiger charge is 2.66. The third kappa shape index (κ3) is 2.73. The van der Waals surface area contributed by atoms with Gasteiger partial charge in [-0.15, -0.1) is 0 Å². The molecule has 4 atom stereocenters. The number of likely N-dealkylation sites (N-methyl/N-ethyl adjacent to an activating group) is 1. The van der Waals surface area contributed by atoms with Gasteiger partial charge < -0.3 is 18.8 Å². The Hall–Kier alpha value is -1.78. The third-order valence-corrected chi connectivity index (χ3v) is 5.34. The van der Waals surface area contributed by atoms with E-state index in [4.69, 9.17) is 30.6 Å². The van der Waals surface area contributed by atoms with Crippen LogP contribution in [0.25, 0.3) is 11.0 Å². The molecule has 4 heterocycles. The molecule has 2 fully saturated rings. The first-order valence-electron chi connectivity index (χ1n) is 8.50. The highest BCUT2D eigenvalue weighted by atomic mass is 35.5. The van der Waals surface area contributed by atoms with Crippen LogP contribution in [0.3, 0.4) is 0 Å². The van der Waals surface area contributed by atoms with Crippen LogP contribution in [-0.2, 0) is 23.8 Å². The standard InChI is InChI=1S/C17H21ClN4O5/c1-16(2)26-11-15(22-7-6-9-12(18)19-8-20-13(9)22)25-10(17(11,3)27-16)14(23)21(4)24-5/h6-8,10-11,15H,1-5H3/t10-,11+,15-,17-/m1/s1. The van der Waals surface area contributed by atoms with Crippen molar-refractivity contribution in [2.45, 2.75) is 50.6 Å². The number of carbonyl (C=O) groups is 1. The second-order valence-electron chi connectivity index (χ2n) is 7.27. The van der Waals surface area contributed by atoms with Crippen LogP contribution in [0.1, 0.15) is 27.0 Å². The predicted molar refractivity (Wildman–Crippen MR) is 94.7 cm³/mol. The van der Waals surface area contributed by atoms with Crippen LogP contribution >= 0.6 is 11.6 Å². The summed E-state index contributed by atoms with van der Waals surface area (Å²) in [5.41, 5.74) is -0.422. The summed E-state index contributed by atoms with van der Waals surface area (Å²) in [5, 5.41) is 2.15. The van der Waals surface area contributed by atoms with Crippen molar-refractivity contribution in [1.82, 2.24) is 19.6 Å². The smallest absolute Gasteiger partial charge is 0.278 e. The van der Waals surface area contributed by atoms with Crippen LogP contribution in [0.4, 0.5) is 0 Å². The topological polar surface area (TPSA) is 87.9 Å². The lowest BCUT2D eigenvalue weighted by Gasteiger charge is -2.30. The second-order valence-corrected chi connectivity index (χ2v) is 7.63. The quantitative estimate of drug-likeness (QED) is 0.578. The van der Waals surface area contributed by atoms with E-state index in [1.165, 1.54) is 20.5 Å². The summed E-state index contributed by atoms with van der Waals surface area (Å²) in [6, 6.07) is 1.80. The van der Waals surface area contributed by atoms with Gasteiger partial charge in [-0.1, -0.05) is 11.6 Å². The van der Waals surface area contributed by atoms with Gasteiger partial charge in [0.1, 0.15) is 28.8 Å². The predicted octanol–water partition coefficient (Wildman–Crippen LogP) is 1.91. The minimum absolute atomic E-state index is 0.343. The van der Waals surface area contributed by atoms with Crippen LogP contribution in [0.15, 0.2) is 18.6 Å². The molecule has 9 nitrogen and oxygen atoms in total. The van der Waals surface area contributed by atoms with Crippen molar-refractivity contribution in [2.24, 2.45) is 0 Å². The monoisotopic (exact) mass is 396 g/mol. The molecule has 0 N–H and O–H groups in total. The summed E-state index contributed by atoms with van der Waals surface area (Å²) in [4.78, 5) is 26.2. The maximum Gasteiger partial charge on any atom is 0.278 e. The molecule has 0 aromatic carbocycles. The van der Waals surface area contributed by atoms with Crippen LogP contribution in [0.5, 0.6) is 0 Å². The van der Waals surface area contributed by atoms with E-state index in [-0.39, 0.29) is 5.91 Å². The number of rotatable bonds is 3. The molecule has 27 heavy (non-hydrogen) atoms. The zero-order chi connectivity index (χ0) is 19.6. The highest BCUT2D eigenvalue weighted by molar-refractivity contribution is 6.33. The molecular weight excluding hydrogens is 376 g/mol. The third-order valence-electron chi connectivity index (χ3n) is 5.04. The second kappa shape index (κ2) is 6.11. The van der Waals surface area contributed by atoms with E-state index in [0.29, 0.717) is 16.2 Å². The normalized spacial score (nSPS) is 32.0. The fraction of sp³-hybridized carbons (Fsp3) is 0.588. The van der Waals surface area contributed by atoms with E-state index in [1.807, 2.05) is 20.8 Å². The highest BCUT2D eigenvalue weighted by Crippen LogP contribution is 2.51. The Balaban J connectivity index is 1.80.